The van der Waals surface area contributed by atoms with Gasteiger partial charge in [-0.2, -0.15) is 0 Å². The number of hydrogen-bond acceptors (Lipinski definition) is 3. The summed E-state index contributed by atoms with van der Waals surface area (Å²) in [6, 6.07) is 2.08. The van der Waals surface area contributed by atoms with E-state index in [1.54, 1.807) is 0 Å². The fraction of sp³-hybridized carbons (Fsp3) is 0.632. The molecule has 0 aromatic heterocycles. The molecule has 0 bridgehead atoms. The van der Waals surface area contributed by atoms with Crippen molar-refractivity contribution in [2.24, 2.45) is 0 Å². The molecule has 0 radical (unpaired) electrons. The van der Waals surface area contributed by atoms with Crippen molar-refractivity contribution in [2.75, 3.05) is 0 Å². The lowest BCUT2D eigenvalue weighted by Crippen LogP contribution is -2.39. The Balaban J connectivity index is 1.95. The smallest absolute Gasteiger partial charge is 0.314 e. The molecule has 4 rings (SSSR count). The maximum Gasteiger partial charge on any atom is 0.314 e. The molecule has 1 N–H and O–H groups in total. The highest BCUT2D eigenvalue weighted by atomic mass is 16.5. The zero-order chi connectivity index (χ0) is 16.2. The van der Waals surface area contributed by atoms with Gasteiger partial charge in [-0.25, -0.2) is 0 Å². The van der Waals surface area contributed by atoms with Crippen LogP contribution in [0.2, 0.25) is 0 Å². The molecule has 0 amide bonds. The summed E-state index contributed by atoms with van der Waals surface area (Å²) in [5.41, 5.74) is 2.33. The summed E-state index contributed by atoms with van der Waals surface area (Å²) in [5.74, 6) is 1.03. The van der Waals surface area contributed by atoms with Crippen LogP contribution in [0.15, 0.2) is 6.07 Å². The number of aliphatic carboxylic acids is 1. The highest BCUT2D eigenvalue weighted by Gasteiger charge is 2.48. The number of carboxylic acids is 1. The standard InChI is InChI=1S/C19H24O4/c1-11-8-13-10-15-14(9-12(2)22-15)16(17(13)23-11)19(18(20)21)6-4-3-5-7-19/h10-12H,3-9H2,1-2H3,(H,20,21). The molecule has 2 aliphatic heterocycles. The van der Waals surface area contributed by atoms with Crippen LogP contribution in [0, 0.1) is 0 Å². The fourth-order valence-corrected chi connectivity index (χ4v) is 4.66. The summed E-state index contributed by atoms with van der Waals surface area (Å²) in [5, 5.41) is 10.1. The van der Waals surface area contributed by atoms with Crippen molar-refractivity contribution < 1.29 is 19.4 Å². The Bertz CT molecular complexity index is 622. The van der Waals surface area contributed by atoms with Crippen LogP contribution in [-0.2, 0) is 23.1 Å². The number of benzene rings is 1. The second-order valence-electron chi connectivity index (χ2n) is 7.43. The van der Waals surface area contributed by atoms with Gasteiger partial charge in [0.15, 0.2) is 0 Å². The molecule has 124 valence electrons. The summed E-state index contributed by atoms with van der Waals surface area (Å²) in [7, 11) is 0. The van der Waals surface area contributed by atoms with Crippen LogP contribution in [0.5, 0.6) is 11.5 Å². The SMILES string of the molecule is CC1Cc2c(cc3c(c2C2(C(=O)O)CCCCC2)OC(C)C3)O1. The second kappa shape index (κ2) is 5.15. The van der Waals surface area contributed by atoms with Gasteiger partial charge in [0.05, 0.1) is 5.41 Å². The lowest BCUT2D eigenvalue weighted by Gasteiger charge is -2.36. The van der Waals surface area contributed by atoms with Crippen molar-refractivity contribution in [2.45, 2.75) is 76.4 Å². The van der Waals surface area contributed by atoms with Crippen molar-refractivity contribution in [3.63, 3.8) is 0 Å². The summed E-state index contributed by atoms with van der Waals surface area (Å²) in [4.78, 5) is 12.3. The van der Waals surface area contributed by atoms with Gasteiger partial charge in [-0.3, -0.25) is 4.79 Å². The molecule has 4 nitrogen and oxygen atoms in total. The Morgan fingerprint density at radius 2 is 1.83 bits per heavy atom. The molecule has 2 heterocycles. The van der Waals surface area contributed by atoms with Crippen LogP contribution in [0.1, 0.15) is 62.6 Å². The topological polar surface area (TPSA) is 55.8 Å². The second-order valence-corrected chi connectivity index (χ2v) is 7.43. The van der Waals surface area contributed by atoms with Crippen LogP contribution in [-0.4, -0.2) is 23.3 Å². The van der Waals surface area contributed by atoms with E-state index in [-0.39, 0.29) is 12.2 Å². The van der Waals surface area contributed by atoms with Crippen LogP contribution < -0.4 is 9.47 Å². The zero-order valence-electron chi connectivity index (χ0n) is 13.9. The fourth-order valence-electron chi connectivity index (χ4n) is 4.66. The minimum absolute atomic E-state index is 0.109. The molecule has 4 heteroatoms. The molecule has 1 aromatic rings. The van der Waals surface area contributed by atoms with Crippen molar-refractivity contribution in [1.82, 2.24) is 0 Å². The average Bonchev–Trinajstić information content (AvgIpc) is 3.05. The van der Waals surface area contributed by atoms with Gasteiger partial charge in [-0.05, 0) is 32.8 Å². The predicted octanol–water partition coefficient (Wildman–Crippen LogP) is 3.62. The first kappa shape index (κ1) is 14.9. The maximum absolute atomic E-state index is 12.3. The van der Waals surface area contributed by atoms with Crippen molar-refractivity contribution in [3.8, 4) is 11.5 Å². The monoisotopic (exact) mass is 316 g/mol. The largest absolute Gasteiger partial charge is 0.490 e. The summed E-state index contributed by atoms with van der Waals surface area (Å²) in [6.45, 7) is 4.10. The van der Waals surface area contributed by atoms with Gasteiger partial charge in [0.2, 0.25) is 0 Å². The number of rotatable bonds is 2. The normalized spacial score (nSPS) is 27.7. The zero-order valence-corrected chi connectivity index (χ0v) is 13.9. The highest BCUT2D eigenvalue weighted by Crippen LogP contribution is 2.52. The molecule has 1 fully saturated rings. The molecule has 0 saturated heterocycles. The number of carbonyl (C=O) groups is 1. The molecule has 2 atom stereocenters. The summed E-state index contributed by atoms with van der Waals surface area (Å²) in [6.07, 6.45) is 6.31. The van der Waals surface area contributed by atoms with Gasteiger partial charge < -0.3 is 14.6 Å². The van der Waals surface area contributed by atoms with E-state index in [2.05, 4.69) is 6.07 Å². The average molecular weight is 316 g/mol. The molecular formula is C19H24O4. The van der Waals surface area contributed by atoms with E-state index in [0.29, 0.717) is 12.8 Å². The molecule has 1 aliphatic carbocycles. The number of fused-ring (bicyclic) bond motifs is 2. The Morgan fingerprint density at radius 1 is 1.13 bits per heavy atom. The number of hydrogen-bond donors (Lipinski definition) is 1. The first-order valence-electron chi connectivity index (χ1n) is 8.77. The van der Waals surface area contributed by atoms with E-state index in [1.165, 1.54) is 0 Å². The minimum atomic E-state index is -0.800. The molecular weight excluding hydrogens is 292 g/mol. The van der Waals surface area contributed by atoms with Crippen LogP contribution in [0.4, 0.5) is 0 Å². The maximum atomic E-state index is 12.3. The van der Waals surface area contributed by atoms with Gasteiger partial charge in [-0.15, -0.1) is 0 Å². The van der Waals surface area contributed by atoms with Gasteiger partial charge in [-0.1, -0.05) is 19.3 Å². The van der Waals surface area contributed by atoms with E-state index < -0.39 is 11.4 Å². The highest BCUT2D eigenvalue weighted by molar-refractivity contribution is 5.84. The molecule has 3 aliphatic rings. The summed E-state index contributed by atoms with van der Waals surface area (Å²) >= 11 is 0. The third kappa shape index (κ3) is 2.14. The third-order valence-corrected chi connectivity index (χ3v) is 5.66. The summed E-state index contributed by atoms with van der Waals surface area (Å²) < 4.78 is 12.1. The van der Waals surface area contributed by atoms with E-state index in [4.69, 9.17) is 9.47 Å². The van der Waals surface area contributed by atoms with Crippen molar-refractivity contribution in [1.29, 1.82) is 0 Å². The number of carboxylic acid groups (broad SMARTS) is 1. The van der Waals surface area contributed by atoms with E-state index in [0.717, 1.165) is 60.3 Å². The lowest BCUT2D eigenvalue weighted by molar-refractivity contribution is -0.145. The van der Waals surface area contributed by atoms with Gasteiger partial charge in [0.25, 0.3) is 0 Å². The molecule has 23 heavy (non-hydrogen) atoms. The van der Waals surface area contributed by atoms with Gasteiger partial charge >= 0.3 is 5.97 Å². The van der Waals surface area contributed by atoms with E-state index >= 15 is 0 Å². The predicted molar refractivity (Wildman–Crippen MR) is 86.4 cm³/mol. The molecule has 1 saturated carbocycles. The lowest BCUT2D eigenvalue weighted by atomic mass is 9.67. The first-order valence-corrected chi connectivity index (χ1v) is 8.77. The van der Waals surface area contributed by atoms with Gasteiger partial charge in [0.1, 0.15) is 23.7 Å². The van der Waals surface area contributed by atoms with Crippen LogP contribution in [0.25, 0.3) is 0 Å². The van der Waals surface area contributed by atoms with Crippen molar-refractivity contribution in [3.05, 3.63) is 22.8 Å². The Hall–Kier alpha value is -1.71. The van der Waals surface area contributed by atoms with Crippen molar-refractivity contribution >= 4 is 5.97 Å². The minimum Gasteiger partial charge on any atom is -0.490 e. The number of ether oxygens (including phenoxy) is 2. The van der Waals surface area contributed by atoms with Gasteiger partial charge in [0, 0.05) is 29.5 Å². The molecule has 0 spiro atoms. The Labute approximate surface area is 136 Å². The van der Waals surface area contributed by atoms with Crippen LogP contribution >= 0.6 is 0 Å². The molecule has 2 unspecified atom stereocenters. The Kier molecular flexibility index (Phi) is 3.33. The third-order valence-electron chi connectivity index (χ3n) is 5.66. The van der Waals surface area contributed by atoms with Crippen LogP contribution in [0.3, 0.4) is 0 Å². The Morgan fingerprint density at radius 3 is 2.52 bits per heavy atom. The first-order chi connectivity index (χ1) is 11.0. The van der Waals surface area contributed by atoms with E-state index in [1.807, 2.05) is 13.8 Å². The quantitative estimate of drug-likeness (QED) is 0.905. The molecule has 1 aromatic carbocycles. The van der Waals surface area contributed by atoms with E-state index in [9.17, 15) is 9.90 Å².